The molecule has 1 saturated heterocycles. The Morgan fingerprint density at radius 1 is 1.08 bits per heavy atom. The molecule has 0 bridgehead atoms. The van der Waals surface area contributed by atoms with Crippen molar-refractivity contribution in [3.63, 3.8) is 0 Å². The second-order valence-electron chi connectivity index (χ2n) is 11.0. The summed E-state index contributed by atoms with van der Waals surface area (Å²) in [5, 5.41) is 18.5. The Morgan fingerprint density at radius 3 is 2.61 bits per heavy atom. The second-order valence-corrected chi connectivity index (χ2v) is 11.0. The molecule has 0 amide bonds. The standard InChI is InChI=1S/C27H36N10O/c1-27(2,38)21-11-15-37(34-21)24-18(6-5-12-29-24)16-30-23-22-25(36(17-31-22)20-7-3-4-8-20)33-26(32-23)35-13-9-19(28)10-14-35/h5-6,11-12,15,17,19-20,38H,3-4,7-10,13-14,16,28H2,1-2H3,(H,30,32,33). The van der Waals surface area contributed by atoms with E-state index in [9.17, 15) is 5.11 Å². The molecule has 6 rings (SSSR count). The van der Waals surface area contributed by atoms with Crippen LogP contribution in [0.25, 0.3) is 17.0 Å². The van der Waals surface area contributed by atoms with Crippen LogP contribution in [0.3, 0.4) is 0 Å². The molecular formula is C27H36N10O. The molecular weight excluding hydrogens is 480 g/mol. The number of piperidine rings is 1. The quantitative estimate of drug-likeness (QED) is 0.338. The van der Waals surface area contributed by atoms with Gasteiger partial charge in [-0.05, 0) is 51.7 Å². The summed E-state index contributed by atoms with van der Waals surface area (Å²) >= 11 is 0. The summed E-state index contributed by atoms with van der Waals surface area (Å²) in [5.74, 6) is 2.13. The molecule has 5 heterocycles. The molecule has 1 aliphatic carbocycles. The van der Waals surface area contributed by atoms with Crippen molar-refractivity contribution in [2.75, 3.05) is 23.3 Å². The Hall–Kier alpha value is -3.57. The minimum absolute atomic E-state index is 0.236. The van der Waals surface area contributed by atoms with E-state index in [2.05, 4.69) is 24.9 Å². The van der Waals surface area contributed by atoms with Crippen molar-refractivity contribution in [2.24, 2.45) is 5.73 Å². The van der Waals surface area contributed by atoms with E-state index in [1.54, 1.807) is 24.7 Å². The molecule has 4 N–H and O–H groups in total. The third-order valence-electron chi connectivity index (χ3n) is 7.70. The van der Waals surface area contributed by atoms with E-state index in [1.807, 2.05) is 30.7 Å². The number of nitrogens with zero attached hydrogens (tertiary/aromatic N) is 8. The fourth-order valence-electron chi connectivity index (χ4n) is 5.44. The third kappa shape index (κ3) is 4.83. The Balaban J connectivity index is 1.33. The van der Waals surface area contributed by atoms with Crippen molar-refractivity contribution in [2.45, 2.75) is 76.6 Å². The molecule has 0 spiro atoms. The highest BCUT2D eigenvalue weighted by molar-refractivity contribution is 5.84. The van der Waals surface area contributed by atoms with Gasteiger partial charge in [-0.1, -0.05) is 18.9 Å². The SMILES string of the molecule is CC(C)(O)c1ccn(-c2ncccc2CNc2nc(N3CCC(N)CC3)nc3c2ncn3C2CCCC2)n1. The van der Waals surface area contributed by atoms with E-state index in [1.165, 1.54) is 12.8 Å². The Bertz CT molecular complexity index is 1410. The maximum Gasteiger partial charge on any atom is 0.229 e. The van der Waals surface area contributed by atoms with Crippen molar-refractivity contribution >= 4 is 22.9 Å². The van der Waals surface area contributed by atoms with Crippen LogP contribution in [-0.2, 0) is 12.1 Å². The molecule has 1 saturated carbocycles. The topological polar surface area (TPSA) is 136 Å². The molecule has 0 aromatic carbocycles. The summed E-state index contributed by atoms with van der Waals surface area (Å²) in [6.07, 6.45) is 12.1. The molecule has 0 atom stereocenters. The summed E-state index contributed by atoms with van der Waals surface area (Å²) in [5.41, 5.74) is 8.33. The van der Waals surface area contributed by atoms with Gasteiger partial charge in [-0.3, -0.25) is 0 Å². The highest BCUT2D eigenvalue weighted by Crippen LogP contribution is 2.34. The van der Waals surface area contributed by atoms with Crippen molar-refractivity contribution in [3.05, 3.63) is 48.2 Å². The van der Waals surface area contributed by atoms with Gasteiger partial charge < -0.3 is 25.6 Å². The van der Waals surface area contributed by atoms with Gasteiger partial charge in [0, 0.05) is 49.7 Å². The van der Waals surface area contributed by atoms with Gasteiger partial charge in [-0.15, -0.1) is 0 Å². The van der Waals surface area contributed by atoms with Crippen LogP contribution < -0.4 is 16.0 Å². The van der Waals surface area contributed by atoms with Crippen LogP contribution in [0.4, 0.5) is 11.8 Å². The molecule has 2 fully saturated rings. The number of imidazole rings is 1. The lowest BCUT2D eigenvalue weighted by atomic mass is 10.1. The molecule has 0 radical (unpaired) electrons. The predicted octanol–water partition coefficient (Wildman–Crippen LogP) is 3.29. The van der Waals surface area contributed by atoms with Crippen LogP contribution in [0.1, 0.15) is 69.7 Å². The summed E-state index contributed by atoms with van der Waals surface area (Å²) in [7, 11) is 0. The number of aromatic nitrogens is 7. The van der Waals surface area contributed by atoms with Gasteiger partial charge in [-0.2, -0.15) is 15.1 Å². The zero-order valence-electron chi connectivity index (χ0n) is 22.1. The maximum atomic E-state index is 10.4. The van der Waals surface area contributed by atoms with Crippen LogP contribution in [0.5, 0.6) is 0 Å². The molecule has 4 aromatic rings. The summed E-state index contributed by atoms with van der Waals surface area (Å²) in [4.78, 5) is 21.5. The van der Waals surface area contributed by atoms with E-state index in [4.69, 9.17) is 20.7 Å². The molecule has 11 heteroatoms. The average Bonchev–Trinajstić information content (AvgIpc) is 3.68. The highest BCUT2D eigenvalue weighted by Gasteiger charge is 2.25. The number of aliphatic hydroxyl groups is 1. The van der Waals surface area contributed by atoms with Gasteiger partial charge in [0.25, 0.3) is 0 Å². The number of rotatable bonds is 7. The van der Waals surface area contributed by atoms with Gasteiger partial charge >= 0.3 is 0 Å². The van der Waals surface area contributed by atoms with Crippen LogP contribution in [0.2, 0.25) is 0 Å². The van der Waals surface area contributed by atoms with Crippen LogP contribution >= 0.6 is 0 Å². The lowest BCUT2D eigenvalue weighted by Gasteiger charge is -2.30. The number of nitrogens with two attached hydrogens (primary N) is 1. The average molecular weight is 517 g/mol. The number of hydrogen-bond acceptors (Lipinski definition) is 9. The first kappa shape index (κ1) is 24.7. The number of pyridine rings is 1. The zero-order valence-corrected chi connectivity index (χ0v) is 22.1. The Morgan fingerprint density at radius 2 is 1.87 bits per heavy atom. The number of hydrogen-bond donors (Lipinski definition) is 3. The monoisotopic (exact) mass is 516 g/mol. The second kappa shape index (κ2) is 9.95. The van der Waals surface area contributed by atoms with E-state index >= 15 is 0 Å². The van der Waals surface area contributed by atoms with Crippen molar-refractivity contribution in [3.8, 4) is 5.82 Å². The molecule has 0 unspecified atom stereocenters. The fraction of sp³-hybridized carbons (Fsp3) is 0.519. The lowest BCUT2D eigenvalue weighted by molar-refractivity contribution is 0.0734. The molecule has 4 aromatic heterocycles. The minimum Gasteiger partial charge on any atom is -0.384 e. The maximum absolute atomic E-state index is 10.4. The first-order chi connectivity index (χ1) is 18.4. The lowest BCUT2D eigenvalue weighted by Crippen LogP contribution is -2.40. The summed E-state index contributed by atoms with van der Waals surface area (Å²) in [6, 6.07) is 6.41. The van der Waals surface area contributed by atoms with E-state index in [-0.39, 0.29) is 6.04 Å². The predicted molar refractivity (Wildman–Crippen MR) is 146 cm³/mol. The highest BCUT2D eigenvalue weighted by atomic mass is 16.3. The first-order valence-corrected chi connectivity index (χ1v) is 13.6. The molecule has 11 nitrogen and oxygen atoms in total. The molecule has 200 valence electrons. The number of fused-ring (bicyclic) bond motifs is 1. The molecule has 1 aliphatic heterocycles. The zero-order chi connectivity index (χ0) is 26.3. The summed E-state index contributed by atoms with van der Waals surface area (Å²) in [6.45, 7) is 5.62. The largest absolute Gasteiger partial charge is 0.384 e. The summed E-state index contributed by atoms with van der Waals surface area (Å²) < 4.78 is 3.95. The van der Waals surface area contributed by atoms with Gasteiger partial charge in [0.15, 0.2) is 22.8 Å². The van der Waals surface area contributed by atoms with Gasteiger partial charge in [0.2, 0.25) is 5.95 Å². The normalized spacial score (nSPS) is 17.5. The van der Waals surface area contributed by atoms with E-state index in [0.29, 0.717) is 29.9 Å². The van der Waals surface area contributed by atoms with Gasteiger partial charge in [0.05, 0.1) is 12.0 Å². The Kier molecular flexibility index (Phi) is 6.48. The van der Waals surface area contributed by atoms with Crippen molar-refractivity contribution < 1.29 is 5.11 Å². The smallest absolute Gasteiger partial charge is 0.229 e. The Labute approximate surface area is 222 Å². The number of nitrogens with one attached hydrogen (secondary N) is 1. The van der Waals surface area contributed by atoms with Gasteiger partial charge in [-0.25, -0.2) is 14.6 Å². The van der Waals surface area contributed by atoms with Crippen molar-refractivity contribution in [1.29, 1.82) is 0 Å². The molecule has 2 aliphatic rings. The van der Waals surface area contributed by atoms with E-state index < -0.39 is 5.60 Å². The molecule has 38 heavy (non-hydrogen) atoms. The van der Waals surface area contributed by atoms with Crippen LogP contribution in [0, 0.1) is 0 Å². The fourth-order valence-corrected chi connectivity index (χ4v) is 5.44. The van der Waals surface area contributed by atoms with E-state index in [0.717, 1.165) is 61.4 Å². The van der Waals surface area contributed by atoms with Gasteiger partial charge in [0.1, 0.15) is 5.60 Å². The van der Waals surface area contributed by atoms with Crippen LogP contribution in [-0.4, -0.2) is 58.5 Å². The van der Waals surface area contributed by atoms with Crippen molar-refractivity contribution in [1.82, 2.24) is 34.3 Å². The third-order valence-corrected chi connectivity index (χ3v) is 7.70. The number of anilines is 2. The minimum atomic E-state index is -1.03. The first-order valence-electron chi connectivity index (χ1n) is 13.6. The van der Waals surface area contributed by atoms with Crippen LogP contribution in [0.15, 0.2) is 36.9 Å².